The summed E-state index contributed by atoms with van der Waals surface area (Å²) < 4.78 is 17.6. The van der Waals surface area contributed by atoms with E-state index in [1.54, 1.807) is 12.1 Å². The van der Waals surface area contributed by atoms with Gasteiger partial charge in [0.25, 0.3) is 0 Å². The molecule has 0 aliphatic heterocycles. The van der Waals surface area contributed by atoms with Gasteiger partial charge in [-0.2, -0.15) is 0 Å². The van der Waals surface area contributed by atoms with Crippen LogP contribution in [0.4, 0.5) is 4.39 Å². The summed E-state index contributed by atoms with van der Waals surface area (Å²) in [6, 6.07) is 21.5. The number of para-hydroxylation sites is 3. The Bertz CT molecular complexity index is 1700. The second kappa shape index (κ2) is 6.47. The predicted octanol–water partition coefficient (Wildman–Crippen LogP) is 5.18. The third-order valence-electron chi connectivity index (χ3n) is 5.77. The van der Waals surface area contributed by atoms with Crippen LogP contribution in [0.2, 0.25) is 0 Å². The van der Waals surface area contributed by atoms with Gasteiger partial charge in [0.1, 0.15) is 17.0 Å². The second-order valence-corrected chi connectivity index (χ2v) is 7.49. The minimum Gasteiger partial charge on any atom is -0.325 e. The average Bonchev–Trinajstić information content (AvgIpc) is 3.19. The van der Waals surface area contributed by atoms with E-state index in [2.05, 4.69) is 0 Å². The Morgan fingerprint density at radius 1 is 0.839 bits per heavy atom. The minimum absolute atomic E-state index is 0.0891. The lowest BCUT2D eigenvalue weighted by molar-refractivity contribution is 0.628. The molecule has 0 unspecified atom stereocenters. The van der Waals surface area contributed by atoms with E-state index in [-0.39, 0.29) is 11.2 Å². The fourth-order valence-electron chi connectivity index (χ4n) is 4.38. The van der Waals surface area contributed by atoms with Gasteiger partial charge in [-0.05, 0) is 55.5 Å². The molecule has 0 fully saturated rings. The highest BCUT2D eigenvalue weighted by Crippen LogP contribution is 2.30. The van der Waals surface area contributed by atoms with Gasteiger partial charge in [-0.1, -0.05) is 24.3 Å². The molecule has 0 bridgehead atoms. The molecule has 31 heavy (non-hydrogen) atoms. The van der Waals surface area contributed by atoms with Crippen molar-refractivity contribution in [3.8, 4) is 11.4 Å². The third-order valence-corrected chi connectivity index (χ3v) is 5.77. The second-order valence-electron chi connectivity index (χ2n) is 7.49. The first kappa shape index (κ1) is 17.8. The fraction of sp³-hybridized carbons (Fsp3) is 0.0800. The summed E-state index contributed by atoms with van der Waals surface area (Å²) in [6.45, 7) is 2.67. The Labute approximate surface area is 176 Å². The summed E-state index contributed by atoms with van der Waals surface area (Å²) in [6.07, 6.45) is 0. The molecular weight excluding hydrogens is 391 g/mol. The van der Waals surface area contributed by atoms with Crippen molar-refractivity contribution < 1.29 is 4.39 Å². The van der Waals surface area contributed by atoms with Crippen molar-refractivity contribution in [2.45, 2.75) is 13.5 Å². The molecule has 0 spiro atoms. The molecule has 150 valence electrons. The van der Waals surface area contributed by atoms with E-state index in [9.17, 15) is 9.18 Å². The minimum atomic E-state index is -0.312. The zero-order chi connectivity index (χ0) is 21.1. The maximum atomic E-state index is 13.6. The first-order valence-corrected chi connectivity index (χ1v) is 10.2. The molecule has 0 amide bonds. The molecule has 0 atom stereocenters. The summed E-state index contributed by atoms with van der Waals surface area (Å²) in [4.78, 5) is 23.4. The van der Waals surface area contributed by atoms with Gasteiger partial charge in [-0.15, -0.1) is 0 Å². The zero-order valence-corrected chi connectivity index (χ0v) is 16.7. The summed E-state index contributed by atoms with van der Waals surface area (Å²) in [5.74, 6) is 0.306. The average molecular weight is 408 g/mol. The topological polar surface area (TPSA) is 52.2 Å². The lowest BCUT2D eigenvalue weighted by Gasteiger charge is -2.15. The van der Waals surface area contributed by atoms with Crippen LogP contribution in [0.25, 0.3) is 50.0 Å². The first-order chi connectivity index (χ1) is 15.2. The van der Waals surface area contributed by atoms with Crippen LogP contribution in [-0.2, 0) is 6.54 Å². The fourth-order valence-corrected chi connectivity index (χ4v) is 4.38. The third kappa shape index (κ3) is 2.45. The number of hydrogen-bond donors (Lipinski definition) is 0. The van der Waals surface area contributed by atoms with Crippen LogP contribution in [0.1, 0.15) is 6.92 Å². The number of rotatable bonds is 2. The summed E-state index contributed by atoms with van der Waals surface area (Å²) >= 11 is 0. The number of hydrogen-bond acceptors (Lipinski definition) is 3. The van der Waals surface area contributed by atoms with Crippen LogP contribution >= 0.6 is 0 Å². The van der Waals surface area contributed by atoms with E-state index < -0.39 is 0 Å². The number of aromatic nitrogens is 4. The molecule has 3 heterocycles. The zero-order valence-electron chi connectivity index (χ0n) is 16.7. The van der Waals surface area contributed by atoms with Gasteiger partial charge in [0, 0.05) is 17.5 Å². The Balaban J connectivity index is 1.93. The van der Waals surface area contributed by atoms with Gasteiger partial charge < -0.3 is 4.57 Å². The summed E-state index contributed by atoms with van der Waals surface area (Å²) in [5.41, 5.74) is 4.25. The van der Waals surface area contributed by atoms with Crippen molar-refractivity contribution in [1.29, 1.82) is 0 Å². The van der Waals surface area contributed by atoms with Crippen LogP contribution in [0, 0.1) is 5.82 Å². The van der Waals surface area contributed by atoms with Gasteiger partial charge in [0.05, 0.1) is 16.6 Å². The quantitative estimate of drug-likeness (QED) is 0.371. The summed E-state index contributed by atoms with van der Waals surface area (Å²) in [5, 5.41) is 1.13. The molecule has 3 aromatic carbocycles. The van der Waals surface area contributed by atoms with Gasteiger partial charge in [0.2, 0.25) is 5.43 Å². The monoisotopic (exact) mass is 408 g/mol. The molecule has 5 nitrogen and oxygen atoms in total. The highest BCUT2D eigenvalue weighted by Gasteiger charge is 2.20. The van der Waals surface area contributed by atoms with Crippen molar-refractivity contribution in [3.63, 3.8) is 0 Å². The maximum absolute atomic E-state index is 13.6. The van der Waals surface area contributed by atoms with Crippen molar-refractivity contribution >= 4 is 38.6 Å². The van der Waals surface area contributed by atoms with E-state index in [0.29, 0.717) is 34.4 Å². The van der Waals surface area contributed by atoms with Crippen molar-refractivity contribution in [2.75, 3.05) is 0 Å². The standard InChI is InChI=1S/C25H17FN4O/c1-2-29-19-9-5-3-7-17(19)22(31)21-24(29)28-23(15-11-13-16(26)14-12-15)30-20-10-6-4-8-18(20)27-25(21)30/h3-14H,2H2,1H3. The molecule has 0 radical (unpaired) electrons. The van der Waals surface area contributed by atoms with E-state index in [1.807, 2.05) is 64.4 Å². The van der Waals surface area contributed by atoms with Gasteiger partial charge in [0.15, 0.2) is 11.3 Å². The molecule has 6 rings (SSSR count). The Kier molecular flexibility index (Phi) is 3.71. The van der Waals surface area contributed by atoms with E-state index in [0.717, 1.165) is 22.1 Å². The lowest BCUT2D eigenvalue weighted by atomic mass is 10.1. The molecule has 0 saturated heterocycles. The molecule has 6 aromatic rings. The Morgan fingerprint density at radius 2 is 1.55 bits per heavy atom. The normalized spacial score (nSPS) is 11.8. The molecule has 3 aromatic heterocycles. The number of pyridine rings is 1. The van der Waals surface area contributed by atoms with E-state index >= 15 is 0 Å². The number of benzene rings is 3. The molecule has 0 aliphatic carbocycles. The van der Waals surface area contributed by atoms with E-state index in [1.165, 1.54) is 12.1 Å². The van der Waals surface area contributed by atoms with Gasteiger partial charge in [-0.25, -0.2) is 14.4 Å². The molecule has 0 N–H and O–H groups in total. The first-order valence-electron chi connectivity index (χ1n) is 10.2. The van der Waals surface area contributed by atoms with Crippen LogP contribution in [-0.4, -0.2) is 18.9 Å². The highest BCUT2D eigenvalue weighted by atomic mass is 19.1. The largest absolute Gasteiger partial charge is 0.325 e. The van der Waals surface area contributed by atoms with Crippen molar-refractivity contribution in [1.82, 2.24) is 18.9 Å². The highest BCUT2D eigenvalue weighted by molar-refractivity contribution is 6.02. The summed E-state index contributed by atoms with van der Waals surface area (Å²) in [7, 11) is 0. The van der Waals surface area contributed by atoms with Crippen LogP contribution in [0.3, 0.4) is 0 Å². The SMILES string of the molecule is CCn1c2ccccc2c(=O)c2c1nc(-c1ccc(F)cc1)n1c3ccccc3nc21. The molecular formula is C25H17FN4O. The van der Waals surface area contributed by atoms with Crippen LogP contribution < -0.4 is 5.43 Å². The lowest BCUT2D eigenvalue weighted by Crippen LogP contribution is -2.14. The van der Waals surface area contributed by atoms with Gasteiger partial charge in [-0.3, -0.25) is 9.20 Å². The number of nitrogens with zero attached hydrogens (tertiary/aromatic N) is 4. The van der Waals surface area contributed by atoms with E-state index in [4.69, 9.17) is 9.97 Å². The van der Waals surface area contributed by atoms with Crippen LogP contribution in [0.5, 0.6) is 0 Å². The maximum Gasteiger partial charge on any atom is 0.202 e. The smallest absolute Gasteiger partial charge is 0.202 e. The molecule has 0 aliphatic rings. The van der Waals surface area contributed by atoms with Gasteiger partial charge >= 0.3 is 0 Å². The Hall–Kier alpha value is -4.06. The van der Waals surface area contributed by atoms with Crippen molar-refractivity contribution in [2.24, 2.45) is 0 Å². The predicted molar refractivity (Wildman–Crippen MR) is 121 cm³/mol. The number of aryl methyl sites for hydroxylation is 1. The molecule has 6 heteroatoms. The van der Waals surface area contributed by atoms with Crippen LogP contribution in [0.15, 0.2) is 77.6 Å². The number of imidazole rings is 1. The number of halogens is 1. The Morgan fingerprint density at radius 3 is 2.32 bits per heavy atom. The van der Waals surface area contributed by atoms with Crippen molar-refractivity contribution in [3.05, 3.63) is 88.8 Å². The molecule has 0 saturated carbocycles. The number of fused-ring (bicyclic) bond motifs is 6.